The average molecular weight is 232 g/mol. The first-order valence-electron chi connectivity index (χ1n) is 5.96. The van der Waals surface area contributed by atoms with E-state index in [0.29, 0.717) is 18.0 Å². The molecule has 0 bridgehead atoms. The molecule has 0 fully saturated rings. The van der Waals surface area contributed by atoms with E-state index in [2.05, 4.69) is 4.99 Å². The second-order valence-electron chi connectivity index (χ2n) is 3.66. The number of hydrogen-bond acceptors (Lipinski definition) is 2. The molecule has 0 amide bonds. The van der Waals surface area contributed by atoms with Gasteiger partial charge in [-0.25, -0.2) is 0 Å². The minimum absolute atomic E-state index is 0.451. The molecule has 0 aliphatic heterocycles. The molecule has 0 saturated carbocycles. The van der Waals surface area contributed by atoms with Crippen LogP contribution in [0.25, 0.3) is 6.08 Å². The number of fused-ring (bicyclic) bond motifs is 1. The van der Waals surface area contributed by atoms with E-state index in [1.165, 1.54) is 5.56 Å². The van der Waals surface area contributed by atoms with Crippen molar-refractivity contribution in [3.63, 3.8) is 0 Å². The molecule has 0 saturated heterocycles. The summed E-state index contributed by atoms with van der Waals surface area (Å²) in [4.78, 5) is 3.95. The highest BCUT2D eigenvalue weighted by Crippen LogP contribution is 2.23. The summed E-state index contributed by atoms with van der Waals surface area (Å²) in [7, 11) is 1.68. The summed E-state index contributed by atoms with van der Waals surface area (Å²) in [6.07, 6.45) is 3.38. The largest absolute Gasteiger partial charge is 0.512 e. The van der Waals surface area contributed by atoms with Crippen LogP contribution in [0.5, 0.6) is 0 Å². The number of nitrogens with zero attached hydrogens (tertiary/aromatic N) is 1. The van der Waals surface area contributed by atoms with Crippen LogP contribution in [0.2, 0.25) is 0 Å². The fraction of sp³-hybridized carbons (Fsp3) is 0.357. The van der Waals surface area contributed by atoms with Crippen LogP contribution in [0.15, 0.2) is 29.0 Å². The van der Waals surface area contributed by atoms with E-state index in [1.807, 2.05) is 38.1 Å². The Bertz CT molecular complexity index is 448. The lowest BCUT2D eigenvalue weighted by molar-refractivity contribution is 0.391. The van der Waals surface area contributed by atoms with Crippen molar-refractivity contribution in [3.05, 3.63) is 40.6 Å². The third kappa shape index (κ3) is 3.09. The number of aliphatic hydroxyl groups is 1. The molecule has 0 spiro atoms. The Morgan fingerprint density at radius 1 is 1.29 bits per heavy atom. The van der Waals surface area contributed by atoms with E-state index in [1.54, 1.807) is 7.05 Å². The van der Waals surface area contributed by atoms with Crippen molar-refractivity contribution >= 4 is 11.9 Å². The summed E-state index contributed by atoms with van der Waals surface area (Å²) < 4.78 is 0. The molecule has 2 rings (SSSR count). The maximum atomic E-state index is 9.39. The molecule has 0 heterocycles. The Morgan fingerprint density at radius 2 is 2.00 bits per heavy atom. The lowest BCUT2D eigenvalue weighted by Crippen LogP contribution is -2.13. The lowest BCUT2D eigenvalue weighted by Gasteiger charge is -2.13. The van der Waals surface area contributed by atoms with Gasteiger partial charge < -0.3 is 10.8 Å². The number of amidine groups is 1. The van der Waals surface area contributed by atoms with Crippen molar-refractivity contribution in [1.29, 1.82) is 0 Å². The fourth-order valence-electron chi connectivity index (χ4n) is 1.77. The zero-order valence-corrected chi connectivity index (χ0v) is 10.7. The molecular weight excluding hydrogens is 212 g/mol. The molecule has 0 aromatic heterocycles. The second-order valence-corrected chi connectivity index (χ2v) is 3.66. The molecule has 0 radical (unpaired) electrons. The van der Waals surface area contributed by atoms with Crippen LogP contribution in [0.3, 0.4) is 0 Å². The number of aryl methyl sites for hydroxylation is 1. The van der Waals surface area contributed by atoms with Crippen molar-refractivity contribution in [3.8, 4) is 0 Å². The van der Waals surface area contributed by atoms with E-state index < -0.39 is 0 Å². The minimum atomic E-state index is 0.451. The van der Waals surface area contributed by atoms with Crippen LogP contribution < -0.4 is 5.73 Å². The Morgan fingerprint density at radius 3 is 2.65 bits per heavy atom. The van der Waals surface area contributed by atoms with Crippen molar-refractivity contribution < 1.29 is 5.11 Å². The predicted octanol–water partition coefficient (Wildman–Crippen LogP) is 2.89. The van der Waals surface area contributed by atoms with E-state index >= 15 is 0 Å². The van der Waals surface area contributed by atoms with Gasteiger partial charge in [0.05, 0.1) is 5.76 Å². The molecule has 92 valence electrons. The van der Waals surface area contributed by atoms with Crippen molar-refractivity contribution in [1.82, 2.24) is 0 Å². The van der Waals surface area contributed by atoms with Gasteiger partial charge in [-0.2, -0.15) is 0 Å². The Kier molecular flexibility index (Phi) is 4.76. The highest BCUT2D eigenvalue weighted by Gasteiger charge is 2.10. The molecule has 3 nitrogen and oxygen atoms in total. The van der Waals surface area contributed by atoms with Crippen LogP contribution in [-0.4, -0.2) is 18.0 Å². The maximum absolute atomic E-state index is 9.39. The third-order valence-electron chi connectivity index (χ3n) is 2.65. The first kappa shape index (κ1) is 13.3. The number of aliphatic hydroxyl groups excluding tert-OH is 1. The molecule has 1 aliphatic rings. The van der Waals surface area contributed by atoms with Gasteiger partial charge in [0.25, 0.3) is 0 Å². The summed E-state index contributed by atoms with van der Waals surface area (Å²) in [5, 5.41) is 9.39. The molecular formula is C14H20N2O. The molecule has 0 unspecified atom stereocenters. The van der Waals surface area contributed by atoms with Gasteiger partial charge in [0.15, 0.2) is 0 Å². The van der Waals surface area contributed by atoms with Crippen LogP contribution in [0.4, 0.5) is 0 Å². The maximum Gasteiger partial charge on any atom is 0.125 e. The van der Waals surface area contributed by atoms with Gasteiger partial charge in [-0.3, -0.25) is 4.99 Å². The van der Waals surface area contributed by atoms with Gasteiger partial charge in [-0.05, 0) is 29.7 Å². The topological polar surface area (TPSA) is 58.6 Å². The first-order valence-corrected chi connectivity index (χ1v) is 5.96. The van der Waals surface area contributed by atoms with Gasteiger partial charge in [-0.15, -0.1) is 0 Å². The molecule has 17 heavy (non-hydrogen) atoms. The van der Waals surface area contributed by atoms with Crippen LogP contribution >= 0.6 is 0 Å². The van der Waals surface area contributed by atoms with E-state index in [-0.39, 0.29) is 0 Å². The van der Waals surface area contributed by atoms with Crippen molar-refractivity contribution in [2.24, 2.45) is 10.7 Å². The van der Waals surface area contributed by atoms with Crippen molar-refractivity contribution in [2.45, 2.75) is 26.7 Å². The van der Waals surface area contributed by atoms with Crippen LogP contribution in [-0.2, 0) is 6.42 Å². The fourth-order valence-corrected chi connectivity index (χ4v) is 1.77. The monoisotopic (exact) mass is 232 g/mol. The summed E-state index contributed by atoms with van der Waals surface area (Å²) in [6.45, 7) is 4.00. The predicted molar refractivity (Wildman–Crippen MR) is 73.4 cm³/mol. The van der Waals surface area contributed by atoms with Gasteiger partial charge in [0, 0.05) is 19.0 Å². The van der Waals surface area contributed by atoms with Gasteiger partial charge >= 0.3 is 0 Å². The molecule has 1 aromatic carbocycles. The number of hydrogen-bond donors (Lipinski definition) is 2. The highest BCUT2D eigenvalue weighted by molar-refractivity contribution is 5.97. The Balaban J connectivity index is 0.000000686. The SMILES string of the molecule is CC.CN=C(N)c1ccc2c(c1)CCC(O)=C2. The average Bonchev–Trinajstić information content (AvgIpc) is 2.39. The number of allylic oxidation sites excluding steroid dienone is 1. The molecule has 3 heteroatoms. The normalized spacial score (nSPS) is 14.3. The molecule has 1 aliphatic carbocycles. The van der Waals surface area contributed by atoms with Crippen LogP contribution in [0.1, 0.15) is 37.0 Å². The first-order chi connectivity index (χ1) is 8.20. The van der Waals surface area contributed by atoms with Gasteiger partial charge in [-0.1, -0.05) is 26.0 Å². The van der Waals surface area contributed by atoms with E-state index in [0.717, 1.165) is 17.5 Å². The summed E-state index contributed by atoms with van der Waals surface area (Å²) in [5.41, 5.74) is 8.98. The van der Waals surface area contributed by atoms with Gasteiger partial charge in [0.2, 0.25) is 0 Å². The number of rotatable bonds is 1. The second kappa shape index (κ2) is 6.09. The van der Waals surface area contributed by atoms with Crippen molar-refractivity contribution in [2.75, 3.05) is 7.05 Å². The Hall–Kier alpha value is -1.77. The summed E-state index contributed by atoms with van der Waals surface area (Å²) in [6, 6.07) is 5.94. The Labute approximate surface area is 103 Å². The summed E-state index contributed by atoms with van der Waals surface area (Å²) in [5.74, 6) is 1.00. The standard InChI is InChI=1S/C12H14N2O.C2H6/c1-14-12(13)10-3-2-9-7-11(15)5-4-8(9)6-10;1-2/h2-3,6-7,15H,4-5H2,1H3,(H2,13,14);1-2H3. The molecule has 3 N–H and O–H groups in total. The zero-order chi connectivity index (χ0) is 12.8. The number of nitrogens with two attached hydrogens (primary N) is 1. The third-order valence-corrected chi connectivity index (χ3v) is 2.65. The van der Waals surface area contributed by atoms with E-state index in [9.17, 15) is 5.11 Å². The number of benzene rings is 1. The smallest absolute Gasteiger partial charge is 0.125 e. The number of aliphatic imine (C=N–C) groups is 1. The quantitative estimate of drug-likeness (QED) is 0.577. The summed E-state index contributed by atoms with van der Waals surface area (Å²) >= 11 is 0. The minimum Gasteiger partial charge on any atom is -0.512 e. The van der Waals surface area contributed by atoms with Gasteiger partial charge in [0.1, 0.15) is 5.84 Å². The molecule has 0 atom stereocenters. The van der Waals surface area contributed by atoms with Crippen LogP contribution in [0, 0.1) is 0 Å². The van der Waals surface area contributed by atoms with E-state index in [4.69, 9.17) is 5.73 Å². The zero-order valence-electron chi connectivity index (χ0n) is 10.7. The molecule has 1 aromatic rings. The highest BCUT2D eigenvalue weighted by atomic mass is 16.3. The lowest BCUT2D eigenvalue weighted by atomic mass is 9.94.